The van der Waals surface area contributed by atoms with Gasteiger partial charge >= 0.3 is 0 Å². The van der Waals surface area contributed by atoms with Crippen LogP contribution in [0.1, 0.15) is 30.0 Å². The quantitative estimate of drug-likeness (QED) is 0.275. The number of amides is 1. The third-order valence-corrected chi connectivity index (χ3v) is 4.10. The highest BCUT2D eigenvalue weighted by Crippen LogP contribution is 2.20. The topological polar surface area (TPSA) is 74.8 Å². The molecule has 0 saturated heterocycles. The zero-order chi connectivity index (χ0) is 20.2. The van der Waals surface area contributed by atoms with Crippen LogP contribution in [0.4, 0.5) is 0 Å². The van der Waals surface area contributed by atoms with E-state index in [9.17, 15) is 4.79 Å². The van der Waals surface area contributed by atoms with Crippen LogP contribution in [0.5, 0.6) is 5.75 Å². The lowest BCUT2D eigenvalue weighted by molar-refractivity contribution is -0.120. The van der Waals surface area contributed by atoms with Gasteiger partial charge in [-0.05, 0) is 30.5 Å². The Labute approximate surface area is 190 Å². The number of hydrogen-bond donors (Lipinski definition) is 3. The first-order chi connectivity index (χ1) is 13.6. The summed E-state index contributed by atoms with van der Waals surface area (Å²) < 4.78 is 5.84. The zero-order valence-corrected chi connectivity index (χ0v) is 19.7. The van der Waals surface area contributed by atoms with Gasteiger partial charge in [-0.25, -0.2) is 0 Å². The third kappa shape index (κ3) is 9.17. The molecule has 2 aromatic rings. The highest BCUT2D eigenvalue weighted by molar-refractivity contribution is 14.0. The Balaban J connectivity index is 0.00000420. The number of halogens is 1. The van der Waals surface area contributed by atoms with Gasteiger partial charge in [-0.1, -0.05) is 49.4 Å². The van der Waals surface area contributed by atoms with Crippen LogP contribution in [0.15, 0.2) is 53.5 Å². The lowest BCUT2D eigenvalue weighted by Crippen LogP contribution is -2.42. The van der Waals surface area contributed by atoms with Crippen molar-refractivity contribution >= 4 is 35.8 Å². The summed E-state index contributed by atoms with van der Waals surface area (Å²) in [5, 5.41) is 9.15. The molecule has 7 heteroatoms. The molecule has 0 bridgehead atoms. The Hall–Kier alpha value is -2.29. The van der Waals surface area contributed by atoms with E-state index in [0.29, 0.717) is 25.7 Å². The van der Waals surface area contributed by atoms with Crippen molar-refractivity contribution in [2.24, 2.45) is 4.99 Å². The van der Waals surface area contributed by atoms with Crippen molar-refractivity contribution in [2.75, 3.05) is 20.2 Å². The largest absolute Gasteiger partial charge is 0.493 e. The van der Waals surface area contributed by atoms with E-state index in [0.717, 1.165) is 28.9 Å². The van der Waals surface area contributed by atoms with Gasteiger partial charge in [0.25, 0.3) is 0 Å². The molecule has 2 aromatic carbocycles. The van der Waals surface area contributed by atoms with Crippen LogP contribution >= 0.6 is 24.0 Å². The predicted octanol–water partition coefficient (Wildman–Crippen LogP) is 3.38. The molecule has 6 nitrogen and oxygen atoms in total. The van der Waals surface area contributed by atoms with Crippen molar-refractivity contribution in [3.05, 3.63) is 65.2 Å². The second-order valence-corrected chi connectivity index (χ2v) is 6.50. The van der Waals surface area contributed by atoms with E-state index in [1.165, 1.54) is 0 Å². The second-order valence-electron chi connectivity index (χ2n) is 6.50. The number of aliphatic imine (C=N–C) groups is 1. The summed E-state index contributed by atoms with van der Waals surface area (Å²) in [6, 6.07) is 16.0. The van der Waals surface area contributed by atoms with E-state index in [1.807, 2.05) is 49.4 Å². The molecule has 158 valence electrons. The minimum atomic E-state index is -0.0888. The average molecular weight is 510 g/mol. The summed E-state index contributed by atoms with van der Waals surface area (Å²) in [6.45, 7) is 6.04. The number of carbonyl (C=O) groups is 1. The Kier molecular flexibility index (Phi) is 11.8. The lowest BCUT2D eigenvalue weighted by Gasteiger charge is -2.15. The number of aryl methyl sites for hydroxylation is 1. The maximum Gasteiger partial charge on any atom is 0.239 e. The van der Waals surface area contributed by atoms with E-state index in [1.54, 1.807) is 7.05 Å². The van der Waals surface area contributed by atoms with Gasteiger partial charge in [0, 0.05) is 25.7 Å². The highest BCUT2D eigenvalue weighted by atomic mass is 127. The van der Waals surface area contributed by atoms with E-state index >= 15 is 0 Å². The van der Waals surface area contributed by atoms with Crippen LogP contribution in [-0.4, -0.2) is 32.1 Å². The van der Waals surface area contributed by atoms with E-state index in [2.05, 4.69) is 33.9 Å². The minimum absolute atomic E-state index is 0. The summed E-state index contributed by atoms with van der Waals surface area (Å²) in [5.41, 5.74) is 3.28. The van der Waals surface area contributed by atoms with E-state index in [4.69, 9.17) is 4.74 Å². The van der Waals surface area contributed by atoms with Gasteiger partial charge in [-0.3, -0.25) is 9.79 Å². The average Bonchev–Trinajstić information content (AvgIpc) is 2.72. The minimum Gasteiger partial charge on any atom is -0.493 e. The second kappa shape index (κ2) is 13.8. The van der Waals surface area contributed by atoms with Gasteiger partial charge in [-0.15, -0.1) is 24.0 Å². The first kappa shape index (κ1) is 24.7. The molecule has 0 fully saturated rings. The fourth-order valence-electron chi connectivity index (χ4n) is 2.58. The molecule has 0 aromatic heterocycles. The molecule has 0 aliphatic heterocycles. The van der Waals surface area contributed by atoms with Crippen molar-refractivity contribution in [1.29, 1.82) is 0 Å². The monoisotopic (exact) mass is 510 g/mol. The van der Waals surface area contributed by atoms with Gasteiger partial charge in [-0.2, -0.15) is 0 Å². The molecule has 0 aliphatic carbocycles. The van der Waals surface area contributed by atoms with Crippen LogP contribution in [-0.2, 0) is 17.9 Å². The molecule has 3 N–H and O–H groups in total. The van der Waals surface area contributed by atoms with Crippen LogP contribution in [0.25, 0.3) is 0 Å². The predicted molar refractivity (Wildman–Crippen MR) is 129 cm³/mol. The third-order valence-electron chi connectivity index (χ3n) is 4.10. The molecule has 0 aliphatic rings. The highest BCUT2D eigenvalue weighted by Gasteiger charge is 2.07. The molecule has 1 amide bonds. The van der Waals surface area contributed by atoms with Crippen molar-refractivity contribution in [3.63, 3.8) is 0 Å². The zero-order valence-electron chi connectivity index (χ0n) is 17.3. The molecule has 0 spiro atoms. The van der Waals surface area contributed by atoms with E-state index < -0.39 is 0 Å². The summed E-state index contributed by atoms with van der Waals surface area (Å²) in [7, 11) is 1.68. The first-order valence-electron chi connectivity index (χ1n) is 9.59. The molecular formula is C22H31IN4O2. The fourth-order valence-corrected chi connectivity index (χ4v) is 2.58. The Morgan fingerprint density at radius 1 is 1.03 bits per heavy atom. The SMILES string of the molecule is CCCOc1cc(C)ccc1CNC(=NC)NCC(=O)NCc1ccccc1.I. The molecule has 0 atom stereocenters. The normalized spacial score (nSPS) is 10.7. The number of rotatable bonds is 9. The van der Waals surface area contributed by atoms with Gasteiger partial charge < -0.3 is 20.7 Å². The molecule has 0 saturated carbocycles. The Morgan fingerprint density at radius 3 is 2.48 bits per heavy atom. The van der Waals surface area contributed by atoms with Gasteiger partial charge in [0.05, 0.1) is 13.2 Å². The Morgan fingerprint density at radius 2 is 1.79 bits per heavy atom. The molecule has 2 rings (SSSR count). The number of ether oxygens (including phenoxy) is 1. The Bertz CT molecular complexity index is 782. The van der Waals surface area contributed by atoms with Crippen molar-refractivity contribution in [2.45, 2.75) is 33.4 Å². The van der Waals surface area contributed by atoms with Crippen LogP contribution in [0.3, 0.4) is 0 Å². The summed E-state index contributed by atoms with van der Waals surface area (Å²) in [5.74, 6) is 1.36. The van der Waals surface area contributed by atoms with Crippen LogP contribution < -0.4 is 20.7 Å². The molecule has 29 heavy (non-hydrogen) atoms. The standard InChI is InChI=1S/C22H30N4O2.HI/c1-4-12-28-20-13-17(2)10-11-19(20)15-25-22(23-3)26-16-21(27)24-14-18-8-6-5-7-9-18;/h5-11,13H,4,12,14-16H2,1-3H3,(H,24,27)(H2,23,25,26);1H. The molecule has 0 unspecified atom stereocenters. The van der Waals surface area contributed by atoms with Gasteiger partial charge in [0.15, 0.2) is 5.96 Å². The van der Waals surface area contributed by atoms with Crippen LogP contribution in [0, 0.1) is 6.92 Å². The smallest absolute Gasteiger partial charge is 0.239 e. The number of carbonyl (C=O) groups excluding carboxylic acids is 1. The van der Waals surface area contributed by atoms with Crippen molar-refractivity contribution in [1.82, 2.24) is 16.0 Å². The number of guanidine groups is 1. The van der Waals surface area contributed by atoms with Crippen molar-refractivity contribution in [3.8, 4) is 5.75 Å². The van der Waals surface area contributed by atoms with Gasteiger partial charge in [0.1, 0.15) is 5.75 Å². The first-order valence-corrected chi connectivity index (χ1v) is 9.59. The molecule has 0 radical (unpaired) electrons. The maximum atomic E-state index is 12.0. The lowest BCUT2D eigenvalue weighted by atomic mass is 10.1. The fraction of sp³-hybridized carbons (Fsp3) is 0.364. The number of hydrogen-bond acceptors (Lipinski definition) is 3. The van der Waals surface area contributed by atoms with E-state index in [-0.39, 0.29) is 36.4 Å². The molecule has 0 heterocycles. The van der Waals surface area contributed by atoms with Crippen LogP contribution in [0.2, 0.25) is 0 Å². The summed E-state index contributed by atoms with van der Waals surface area (Å²) in [6.07, 6.45) is 0.960. The maximum absolute atomic E-state index is 12.0. The number of nitrogens with one attached hydrogen (secondary N) is 3. The summed E-state index contributed by atoms with van der Waals surface area (Å²) >= 11 is 0. The van der Waals surface area contributed by atoms with Crippen molar-refractivity contribution < 1.29 is 9.53 Å². The molecular weight excluding hydrogens is 479 g/mol. The number of benzene rings is 2. The summed E-state index contributed by atoms with van der Waals surface area (Å²) in [4.78, 5) is 16.2. The number of nitrogens with zero attached hydrogens (tertiary/aromatic N) is 1. The van der Waals surface area contributed by atoms with Gasteiger partial charge in [0.2, 0.25) is 5.91 Å².